The molecule has 0 bridgehead atoms. The first-order valence-corrected chi connectivity index (χ1v) is 25.5. The van der Waals surface area contributed by atoms with E-state index in [-0.39, 0.29) is 24.9 Å². The fourth-order valence-corrected chi connectivity index (χ4v) is 7.52. The van der Waals surface area contributed by atoms with Crippen LogP contribution in [0, 0.1) is 0 Å². The first kappa shape index (κ1) is 57.6. The minimum absolute atomic E-state index is 0.0393. The number of carbonyl (C=O) groups excluding carboxylic acids is 2. The van der Waals surface area contributed by atoms with Gasteiger partial charge in [-0.3, -0.25) is 9.59 Å². The maximum Gasteiger partial charge on any atom is 0.306 e. The Bertz CT molecular complexity index is 1080. The molecule has 0 saturated heterocycles. The van der Waals surface area contributed by atoms with Crippen LogP contribution in [0.15, 0.2) is 60.8 Å². The molecule has 0 rings (SSSR count). The summed E-state index contributed by atoms with van der Waals surface area (Å²) in [4.78, 5) is 26.1. The zero-order valence-electron chi connectivity index (χ0n) is 39.6. The van der Waals surface area contributed by atoms with Gasteiger partial charge in [0.05, 0.1) is 25.2 Å². The summed E-state index contributed by atoms with van der Waals surface area (Å²) in [7, 11) is 0. The van der Waals surface area contributed by atoms with E-state index < -0.39 is 18.2 Å². The number of hydrogen-bond acceptors (Lipinski definition) is 5. The number of rotatable bonds is 45. The zero-order chi connectivity index (χ0) is 43.8. The lowest BCUT2D eigenvalue weighted by Crippen LogP contribution is -2.46. The van der Waals surface area contributed by atoms with E-state index in [0.29, 0.717) is 19.3 Å². The van der Waals surface area contributed by atoms with Crippen molar-refractivity contribution in [1.82, 2.24) is 5.32 Å². The van der Waals surface area contributed by atoms with Crippen LogP contribution in [0.3, 0.4) is 0 Å². The summed E-state index contributed by atoms with van der Waals surface area (Å²) in [6.45, 7) is 6.35. The van der Waals surface area contributed by atoms with E-state index in [1.165, 1.54) is 116 Å². The molecule has 0 aromatic heterocycles. The molecule has 0 radical (unpaired) electrons. The van der Waals surface area contributed by atoms with Gasteiger partial charge in [-0.05, 0) is 64.2 Å². The van der Waals surface area contributed by atoms with Crippen LogP contribution in [0.4, 0.5) is 0 Å². The molecule has 3 N–H and O–H groups in total. The van der Waals surface area contributed by atoms with E-state index in [9.17, 15) is 19.8 Å². The Kier molecular flexibility index (Phi) is 45.7. The predicted molar refractivity (Wildman–Crippen MR) is 259 cm³/mol. The summed E-state index contributed by atoms with van der Waals surface area (Å²) < 4.78 is 5.90. The minimum Gasteiger partial charge on any atom is -0.462 e. The summed E-state index contributed by atoms with van der Waals surface area (Å²) in [5.41, 5.74) is 0. The van der Waals surface area contributed by atoms with Gasteiger partial charge in [0, 0.05) is 6.42 Å². The van der Waals surface area contributed by atoms with Crippen molar-refractivity contribution in [1.29, 1.82) is 0 Å². The van der Waals surface area contributed by atoms with Crippen LogP contribution in [-0.2, 0) is 14.3 Å². The van der Waals surface area contributed by atoms with Gasteiger partial charge in [-0.15, -0.1) is 0 Å². The van der Waals surface area contributed by atoms with Crippen molar-refractivity contribution >= 4 is 11.9 Å². The molecule has 0 aromatic rings. The molecule has 0 aliphatic rings. The van der Waals surface area contributed by atoms with E-state index >= 15 is 0 Å². The van der Waals surface area contributed by atoms with Crippen molar-refractivity contribution < 1.29 is 24.5 Å². The fraction of sp³-hybridized carbons (Fsp3) is 0.778. The topological polar surface area (TPSA) is 95.9 Å². The summed E-state index contributed by atoms with van der Waals surface area (Å²) in [5, 5.41) is 23.7. The summed E-state index contributed by atoms with van der Waals surface area (Å²) in [5.74, 6) is -0.527. The Morgan fingerprint density at radius 3 is 1.33 bits per heavy atom. The second kappa shape index (κ2) is 47.6. The molecule has 3 unspecified atom stereocenters. The van der Waals surface area contributed by atoms with Crippen molar-refractivity contribution in [2.45, 2.75) is 264 Å². The lowest BCUT2D eigenvalue weighted by molar-refractivity contribution is -0.151. The molecule has 3 atom stereocenters. The number of ether oxygens (including phenoxy) is 1. The number of allylic oxidation sites excluding steroid dienone is 10. The number of carbonyl (C=O) groups is 2. The number of aliphatic hydroxyl groups excluding tert-OH is 2. The van der Waals surface area contributed by atoms with Crippen LogP contribution in [0.25, 0.3) is 0 Å². The quantitative estimate of drug-likeness (QED) is 0.0322. The molecule has 348 valence electrons. The number of aliphatic hydroxyl groups is 2. The molecule has 60 heavy (non-hydrogen) atoms. The van der Waals surface area contributed by atoms with Gasteiger partial charge in [-0.25, -0.2) is 0 Å². The highest BCUT2D eigenvalue weighted by Crippen LogP contribution is 2.17. The number of unbranched alkanes of at least 4 members (excludes halogenated alkanes) is 23. The largest absolute Gasteiger partial charge is 0.462 e. The number of amides is 1. The highest BCUT2D eigenvalue weighted by Gasteiger charge is 2.24. The van der Waals surface area contributed by atoms with Crippen molar-refractivity contribution in [3.8, 4) is 0 Å². The second-order valence-corrected chi connectivity index (χ2v) is 17.2. The second-order valence-electron chi connectivity index (χ2n) is 17.2. The average Bonchev–Trinajstić information content (AvgIpc) is 3.24. The molecule has 0 aliphatic heterocycles. The Hall–Kier alpha value is -2.44. The van der Waals surface area contributed by atoms with Crippen LogP contribution in [-0.4, -0.2) is 46.9 Å². The first-order chi connectivity index (χ1) is 29.5. The normalized spacial score (nSPS) is 13.8. The third-order valence-corrected chi connectivity index (χ3v) is 11.4. The Morgan fingerprint density at radius 2 is 0.900 bits per heavy atom. The summed E-state index contributed by atoms with van der Waals surface area (Å²) >= 11 is 0. The molecule has 0 heterocycles. The smallest absolute Gasteiger partial charge is 0.306 e. The number of nitrogens with one attached hydrogen (secondary N) is 1. The first-order valence-electron chi connectivity index (χ1n) is 25.5. The van der Waals surface area contributed by atoms with Gasteiger partial charge in [-0.1, -0.05) is 229 Å². The molecule has 0 aromatic carbocycles. The Labute approximate surface area is 371 Å². The van der Waals surface area contributed by atoms with Crippen molar-refractivity contribution in [2.24, 2.45) is 0 Å². The third kappa shape index (κ3) is 42.3. The maximum atomic E-state index is 13.2. The predicted octanol–water partition coefficient (Wildman–Crippen LogP) is 15.2. The van der Waals surface area contributed by atoms with Crippen LogP contribution < -0.4 is 5.32 Å². The Balaban J connectivity index is 4.68. The fourth-order valence-electron chi connectivity index (χ4n) is 7.52. The molecular formula is C54H97NO5. The Morgan fingerprint density at radius 1 is 0.500 bits per heavy atom. The average molecular weight is 840 g/mol. The van der Waals surface area contributed by atoms with Crippen LogP contribution >= 0.6 is 0 Å². The van der Waals surface area contributed by atoms with E-state index in [1.54, 1.807) is 0 Å². The van der Waals surface area contributed by atoms with E-state index in [2.05, 4.69) is 86.8 Å². The molecule has 0 spiro atoms. The lowest BCUT2D eigenvalue weighted by Gasteiger charge is -2.24. The molecular weight excluding hydrogens is 743 g/mol. The highest BCUT2D eigenvalue weighted by molar-refractivity contribution is 5.77. The lowest BCUT2D eigenvalue weighted by atomic mass is 10.0. The van der Waals surface area contributed by atoms with Gasteiger partial charge < -0.3 is 20.3 Å². The number of hydrogen-bond donors (Lipinski definition) is 3. The van der Waals surface area contributed by atoms with Crippen LogP contribution in [0.5, 0.6) is 0 Å². The van der Waals surface area contributed by atoms with E-state index in [0.717, 1.165) is 83.5 Å². The van der Waals surface area contributed by atoms with Gasteiger partial charge in [-0.2, -0.15) is 0 Å². The van der Waals surface area contributed by atoms with Gasteiger partial charge >= 0.3 is 5.97 Å². The summed E-state index contributed by atoms with van der Waals surface area (Å²) in [6, 6.07) is -0.719. The van der Waals surface area contributed by atoms with Gasteiger partial charge in [0.2, 0.25) is 5.91 Å². The van der Waals surface area contributed by atoms with Crippen LogP contribution in [0.1, 0.15) is 245 Å². The SMILES string of the molecule is CC/C=C\C/C=C\C/C=C\C/C=C\C/C=C\CCCC(CC(=O)NC(CO)C(O)CCCCCCCCCCCCCCC)OC(=O)CCCCCCCCCCCCC. The van der Waals surface area contributed by atoms with Gasteiger partial charge in [0.1, 0.15) is 6.10 Å². The van der Waals surface area contributed by atoms with E-state index in [1.807, 2.05) is 0 Å². The monoisotopic (exact) mass is 840 g/mol. The summed E-state index contributed by atoms with van der Waals surface area (Å²) in [6.07, 6.45) is 58.5. The molecule has 6 heteroatoms. The van der Waals surface area contributed by atoms with E-state index in [4.69, 9.17) is 4.74 Å². The minimum atomic E-state index is -0.802. The van der Waals surface area contributed by atoms with Crippen molar-refractivity contribution in [3.05, 3.63) is 60.8 Å². The molecule has 6 nitrogen and oxygen atoms in total. The number of esters is 1. The van der Waals surface area contributed by atoms with Crippen molar-refractivity contribution in [3.63, 3.8) is 0 Å². The van der Waals surface area contributed by atoms with Crippen molar-refractivity contribution in [2.75, 3.05) is 6.61 Å². The highest BCUT2D eigenvalue weighted by atomic mass is 16.5. The molecule has 1 amide bonds. The maximum absolute atomic E-state index is 13.2. The van der Waals surface area contributed by atoms with Crippen LogP contribution in [0.2, 0.25) is 0 Å². The standard InChI is InChI=1S/C54H97NO5/c1-4-7-10-13-16-19-22-24-25-26-27-29-31-33-36-39-42-45-50(60-54(59)47-44-41-38-35-30-21-18-15-12-9-6-3)48-53(58)55-51(49-56)52(57)46-43-40-37-34-32-28-23-20-17-14-11-8-5-2/h7,10,16,19,24-25,27,29,33,36,50-52,56-57H,4-6,8-9,11-15,17-18,20-23,26,28,30-32,34-35,37-49H2,1-3H3,(H,55,58)/b10-7-,19-16-,25-24-,29-27-,36-33-. The molecule has 0 saturated carbocycles. The van der Waals surface area contributed by atoms with Gasteiger partial charge in [0.25, 0.3) is 0 Å². The molecule has 0 aliphatic carbocycles. The van der Waals surface area contributed by atoms with Gasteiger partial charge in [0.15, 0.2) is 0 Å². The molecule has 0 fully saturated rings. The zero-order valence-corrected chi connectivity index (χ0v) is 39.6. The third-order valence-electron chi connectivity index (χ3n) is 11.4.